The number of benzene rings is 2. The molecule has 0 radical (unpaired) electrons. The van der Waals surface area contributed by atoms with E-state index in [-0.39, 0.29) is 35.2 Å². The van der Waals surface area contributed by atoms with Crippen LogP contribution in [0.1, 0.15) is 84.0 Å². The molecular weight excluding hydrogens is 567 g/mol. The van der Waals surface area contributed by atoms with Crippen LogP contribution in [0.5, 0.6) is 23.0 Å². The van der Waals surface area contributed by atoms with Gasteiger partial charge in [-0.15, -0.1) is 24.0 Å². The Kier molecular flexibility index (Phi) is 8.51. The molecule has 5 nitrogen and oxygen atoms in total. The molecule has 0 amide bonds. The summed E-state index contributed by atoms with van der Waals surface area (Å²) in [5.74, 6) is 2.69. The Morgan fingerprint density at radius 3 is 1.36 bits per heavy atom. The van der Waals surface area contributed by atoms with Crippen LogP contribution in [0.2, 0.25) is 0 Å². The maximum Gasteiger partial charge on any atom is 0.127 e. The molecule has 0 fully saturated rings. The van der Waals surface area contributed by atoms with Crippen molar-refractivity contribution >= 4 is 24.0 Å². The molecule has 4 rings (SSSR count). The quantitative estimate of drug-likeness (QED) is 0.267. The van der Waals surface area contributed by atoms with Gasteiger partial charge in [0.2, 0.25) is 0 Å². The zero-order valence-corrected chi connectivity index (χ0v) is 25.5. The van der Waals surface area contributed by atoms with Gasteiger partial charge in [0.15, 0.2) is 0 Å². The lowest BCUT2D eigenvalue weighted by Gasteiger charge is -2.39. The lowest BCUT2D eigenvalue weighted by molar-refractivity contribution is -0.00581. The Balaban J connectivity index is 0.00000361. The molecule has 6 heteroatoms. The Hall–Kier alpha value is -1.67. The number of phenols is 2. The molecule has 200 valence electrons. The van der Waals surface area contributed by atoms with Gasteiger partial charge >= 0.3 is 0 Å². The van der Waals surface area contributed by atoms with Crippen molar-refractivity contribution in [1.82, 2.24) is 0 Å². The smallest absolute Gasteiger partial charge is 0.127 e. The number of aromatic hydroxyl groups is 2. The molecule has 2 unspecified atom stereocenters. The van der Waals surface area contributed by atoms with Gasteiger partial charge in [0, 0.05) is 24.0 Å². The highest BCUT2D eigenvalue weighted by atomic mass is 127. The highest BCUT2D eigenvalue weighted by Gasteiger charge is 2.36. The van der Waals surface area contributed by atoms with Gasteiger partial charge in [0.25, 0.3) is 0 Å². The predicted molar refractivity (Wildman–Crippen MR) is 155 cm³/mol. The summed E-state index contributed by atoms with van der Waals surface area (Å²) < 4.78 is 19.2. The van der Waals surface area contributed by atoms with Crippen LogP contribution in [0.4, 0.5) is 0 Å². The Morgan fingerprint density at radius 1 is 0.639 bits per heavy atom. The van der Waals surface area contributed by atoms with E-state index in [4.69, 9.17) is 14.2 Å². The van der Waals surface area contributed by atoms with E-state index >= 15 is 0 Å². The first-order valence-corrected chi connectivity index (χ1v) is 13.0. The summed E-state index contributed by atoms with van der Waals surface area (Å²) in [5.41, 5.74) is 7.50. The number of rotatable bonds is 6. The van der Waals surface area contributed by atoms with Gasteiger partial charge < -0.3 is 24.4 Å². The van der Waals surface area contributed by atoms with Crippen LogP contribution in [0.25, 0.3) is 0 Å². The van der Waals surface area contributed by atoms with E-state index in [1.165, 1.54) is 0 Å². The number of halogens is 1. The second-order valence-corrected chi connectivity index (χ2v) is 11.3. The Labute approximate surface area is 233 Å². The minimum absolute atomic E-state index is 0. The molecule has 0 saturated heterocycles. The normalized spacial score (nSPS) is 22.7. The zero-order valence-electron chi connectivity index (χ0n) is 23.2. The average molecular weight is 611 g/mol. The molecule has 0 spiro atoms. The third kappa shape index (κ3) is 5.17. The molecule has 2 heterocycles. The van der Waals surface area contributed by atoms with Crippen molar-refractivity contribution in [3.63, 3.8) is 0 Å². The van der Waals surface area contributed by atoms with Crippen LogP contribution in [0.3, 0.4) is 0 Å². The molecule has 2 aliphatic heterocycles. The molecule has 2 aromatic rings. The first kappa shape index (κ1) is 28.9. The third-order valence-corrected chi connectivity index (χ3v) is 8.74. The summed E-state index contributed by atoms with van der Waals surface area (Å²) in [7, 11) is 0. The van der Waals surface area contributed by atoms with Crippen LogP contribution in [0.15, 0.2) is 0 Å². The monoisotopic (exact) mass is 610 g/mol. The Bertz CT molecular complexity index is 1070. The van der Waals surface area contributed by atoms with Gasteiger partial charge in [-0.2, -0.15) is 0 Å². The standard InChI is InChI=1S/C30H42O5.HI/c1-17-19(3)27-23(21(5)25(17)31)9-11-29(7,34-27)13-15-33-16-14-30(8)12-10-24-22(6)26(32)18(2)20(4)28(24)35-30;/h31-32H,9-16H2,1-8H3;1H. The Morgan fingerprint density at radius 2 is 1.00 bits per heavy atom. The van der Waals surface area contributed by atoms with Crippen molar-refractivity contribution in [2.45, 2.75) is 105 Å². The molecule has 36 heavy (non-hydrogen) atoms. The maximum atomic E-state index is 10.4. The summed E-state index contributed by atoms with van der Waals surface area (Å²) in [6.07, 6.45) is 5.28. The van der Waals surface area contributed by atoms with E-state index in [0.29, 0.717) is 24.7 Å². The van der Waals surface area contributed by atoms with Gasteiger partial charge in [-0.1, -0.05) is 0 Å². The highest BCUT2D eigenvalue weighted by Crippen LogP contribution is 2.45. The molecule has 2 aromatic carbocycles. The van der Waals surface area contributed by atoms with E-state index in [0.717, 1.165) is 94.5 Å². The topological polar surface area (TPSA) is 68.2 Å². The minimum Gasteiger partial charge on any atom is -0.507 e. The molecule has 0 saturated carbocycles. The van der Waals surface area contributed by atoms with Crippen LogP contribution in [-0.4, -0.2) is 34.6 Å². The van der Waals surface area contributed by atoms with Gasteiger partial charge in [0.05, 0.1) is 13.2 Å². The predicted octanol–water partition coefficient (Wildman–Crippen LogP) is 7.23. The van der Waals surface area contributed by atoms with Gasteiger partial charge in [-0.25, -0.2) is 0 Å². The fraction of sp³-hybridized carbons (Fsp3) is 0.600. The lowest BCUT2D eigenvalue weighted by atomic mass is 9.85. The van der Waals surface area contributed by atoms with E-state index in [2.05, 4.69) is 13.8 Å². The SMILES string of the molecule is Cc1c(C)c2c(c(C)c1O)CCC(C)(CCOCCC1(C)CCc3c(C)c(O)c(C)c(C)c3O1)O2.I. The second kappa shape index (κ2) is 10.6. The van der Waals surface area contributed by atoms with Crippen molar-refractivity contribution in [3.05, 3.63) is 44.5 Å². The van der Waals surface area contributed by atoms with Crippen LogP contribution >= 0.6 is 24.0 Å². The van der Waals surface area contributed by atoms with Crippen molar-refractivity contribution < 1.29 is 24.4 Å². The molecular formula is C30H43IO5. The molecule has 2 aliphatic rings. The summed E-state index contributed by atoms with van der Waals surface area (Å²) in [5, 5.41) is 20.8. The first-order chi connectivity index (χ1) is 16.4. The van der Waals surface area contributed by atoms with Gasteiger partial charge in [0.1, 0.15) is 34.2 Å². The van der Waals surface area contributed by atoms with Crippen LogP contribution < -0.4 is 9.47 Å². The number of hydrogen-bond donors (Lipinski definition) is 2. The summed E-state index contributed by atoms with van der Waals surface area (Å²) in [6.45, 7) is 17.5. The number of phenolic OH excluding ortho intramolecular Hbond substituents is 2. The molecule has 0 aromatic heterocycles. The van der Waals surface area contributed by atoms with Crippen molar-refractivity contribution in [2.75, 3.05) is 13.2 Å². The zero-order chi connectivity index (χ0) is 25.7. The van der Waals surface area contributed by atoms with Crippen molar-refractivity contribution in [1.29, 1.82) is 0 Å². The van der Waals surface area contributed by atoms with Crippen molar-refractivity contribution in [2.24, 2.45) is 0 Å². The minimum atomic E-state index is -0.272. The second-order valence-electron chi connectivity index (χ2n) is 11.3. The third-order valence-electron chi connectivity index (χ3n) is 8.74. The number of hydrogen-bond acceptors (Lipinski definition) is 5. The molecule has 2 N–H and O–H groups in total. The summed E-state index contributed by atoms with van der Waals surface area (Å²) >= 11 is 0. The summed E-state index contributed by atoms with van der Waals surface area (Å²) in [4.78, 5) is 0. The van der Waals surface area contributed by atoms with Crippen molar-refractivity contribution in [3.8, 4) is 23.0 Å². The van der Waals surface area contributed by atoms with Gasteiger partial charge in [-0.3, -0.25) is 0 Å². The van der Waals surface area contributed by atoms with E-state index in [1.54, 1.807) is 0 Å². The lowest BCUT2D eigenvalue weighted by Crippen LogP contribution is -2.39. The fourth-order valence-corrected chi connectivity index (χ4v) is 5.62. The van der Waals surface area contributed by atoms with E-state index < -0.39 is 0 Å². The molecule has 2 atom stereocenters. The molecule has 0 bridgehead atoms. The molecule has 0 aliphatic carbocycles. The van der Waals surface area contributed by atoms with Crippen LogP contribution in [-0.2, 0) is 17.6 Å². The number of ether oxygens (including phenoxy) is 3. The largest absolute Gasteiger partial charge is 0.507 e. The van der Waals surface area contributed by atoms with E-state index in [9.17, 15) is 10.2 Å². The average Bonchev–Trinajstić information content (AvgIpc) is 2.83. The highest BCUT2D eigenvalue weighted by molar-refractivity contribution is 14.0. The fourth-order valence-electron chi connectivity index (χ4n) is 5.62. The summed E-state index contributed by atoms with van der Waals surface area (Å²) in [6, 6.07) is 0. The van der Waals surface area contributed by atoms with E-state index in [1.807, 2.05) is 41.5 Å². The van der Waals surface area contributed by atoms with Gasteiger partial charge in [-0.05, 0) is 114 Å². The van der Waals surface area contributed by atoms with Crippen LogP contribution in [0, 0.1) is 41.5 Å². The first-order valence-electron chi connectivity index (χ1n) is 13.0. The number of fused-ring (bicyclic) bond motifs is 2. The maximum absolute atomic E-state index is 10.4.